The fourth-order valence-corrected chi connectivity index (χ4v) is 5.43. The molecule has 2 aliphatic heterocycles. The molecule has 4 rings (SSSR count). The summed E-state index contributed by atoms with van der Waals surface area (Å²) in [4.78, 5) is 25.9. The van der Waals surface area contributed by atoms with E-state index >= 15 is 4.39 Å². The Morgan fingerprint density at radius 2 is 1.67 bits per heavy atom. The third-order valence-corrected chi connectivity index (χ3v) is 8.29. The van der Waals surface area contributed by atoms with Crippen LogP contribution < -0.4 is 9.62 Å². The monoisotopic (exact) mass is 396 g/mol. The number of aromatic carboxylic acids is 1. The molecule has 0 atom stereocenters. The van der Waals surface area contributed by atoms with Crippen molar-refractivity contribution in [3.05, 3.63) is 29.1 Å². The van der Waals surface area contributed by atoms with Crippen LogP contribution in [0.3, 0.4) is 0 Å². The SMILES string of the molecule is CC1(S(=O)(=O)NC(=O)c2ccc(C(=O)O)c(F)c2N2C3CCC2CC3)CC1. The second-order valence-corrected chi connectivity index (χ2v) is 10.1. The first-order chi connectivity index (χ1) is 12.6. The van der Waals surface area contributed by atoms with Gasteiger partial charge < -0.3 is 10.0 Å². The number of carboxylic acid groups (broad SMARTS) is 1. The van der Waals surface area contributed by atoms with Gasteiger partial charge in [0.1, 0.15) is 0 Å². The van der Waals surface area contributed by atoms with Crippen LogP contribution in [0.15, 0.2) is 12.1 Å². The highest BCUT2D eigenvalue weighted by Crippen LogP contribution is 2.45. The molecule has 146 valence electrons. The first-order valence-corrected chi connectivity index (χ1v) is 10.5. The van der Waals surface area contributed by atoms with Crippen molar-refractivity contribution in [2.24, 2.45) is 0 Å². The number of anilines is 1. The number of halogens is 1. The van der Waals surface area contributed by atoms with Crippen molar-refractivity contribution in [1.82, 2.24) is 4.72 Å². The van der Waals surface area contributed by atoms with E-state index in [1.165, 1.54) is 6.07 Å². The summed E-state index contributed by atoms with van der Waals surface area (Å²) in [6, 6.07) is 2.30. The number of amides is 1. The lowest BCUT2D eigenvalue weighted by atomic mass is 10.0. The number of benzene rings is 1. The Labute approximate surface area is 156 Å². The van der Waals surface area contributed by atoms with E-state index in [2.05, 4.69) is 4.72 Å². The second-order valence-electron chi connectivity index (χ2n) is 7.88. The van der Waals surface area contributed by atoms with E-state index in [0.29, 0.717) is 12.8 Å². The van der Waals surface area contributed by atoms with Crippen molar-refractivity contribution in [2.45, 2.75) is 62.3 Å². The smallest absolute Gasteiger partial charge is 0.338 e. The van der Waals surface area contributed by atoms with Crippen LogP contribution in [-0.4, -0.2) is 42.2 Å². The van der Waals surface area contributed by atoms with Gasteiger partial charge in [-0.2, -0.15) is 0 Å². The predicted molar refractivity (Wildman–Crippen MR) is 95.9 cm³/mol. The molecule has 1 aromatic rings. The normalized spacial score (nSPS) is 25.5. The van der Waals surface area contributed by atoms with Crippen LogP contribution in [0.25, 0.3) is 0 Å². The third-order valence-electron chi connectivity index (χ3n) is 6.13. The summed E-state index contributed by atoms with van der Waals surface area (Å²) in [5.74, 6) is -3.32. The Morgan fingerprint density at radius 1 is 1.15 bits per heavy atom. The molecule has 0 aromatic heterocycles. The van der Waals surface area contributed by atoms with Crippen LogP contribution in [-0.2, 0) is 10.0 Å². The summed E-state index contributed by atoms with van der Waals surface area (Å²) in [6.07, 6.45) is 4.31. The molecule has 2 N–H and O–H groups in total. The summed E-state index contributed by atoms with van der Waals surface area (Å²) < 4.78 is 41.0. The van der Waals surface area contributed by atoms with Crippen molar-refractivity contribution in [3.63, 3.8) is 0 Å². The van der Waals surface area contributed by atoms with Gasteiger partial charge in [0.25, 0.3) is 5.91 Å². The Kier molecular flexibility index (Phi) is 3.99. The Hall–Kier alpha value is -2.16. The van der Waals surface area contributed by atoms with Gasteiger partial charge in [0.15, 0.2) is 5.82 Å². The number of nitrogens with one attached hydrogen (secondary N) is 1. The topological polar surface area (TPSA) is 104 Å². The average Bonchev–Trinajstić information content (AvgIpc) is 3.10. The van der Waals surface area contributed by atoms with Crippen LogP contribution in [0.2, 0.25) is 0 Å². The highest BCUT2D eigenvalue weighted by Gasteiger charge is 2.51. The van der Waals surface area contributed by atoms with Crippen molar-refractivity contribution < 1.29 is 27.5 Å². The van der Waals surface area contributed by atoms with E-state index in [1.54, 1.807) is 11.8 Å². The second kappa shape index (κ2) is 5.92. The zero-order valence-electron chi connectivity index (χ0n) is 14.9. The van der Waals surface area contributed by atoms with E-state index < -0.39 is 38.0 Å². The Bertz CT molecular complexity index is 921. The summed E-state index contributed by atoms with van der Waals surface area (Å²) in [6.45, 7) is 1.55. The van der Waals surface area contributed by atoms with Gasteiger partial charge >= 0.3 is 5.97 Å². The lowest BCUT2D eigenvalue weighted by Crippen LogP contribution is -2.40. The molecule has 7 nitrogen and oxygen atoms in total. The summed E-state index contributed by atoms with van der Waals surface area (Å²) in [7, 11) is -3.88. The number of hydrogen-bond acceptors (Lipinski definition) is 5. The number of fused-ring (bicyclic) bond motifs is 2. The molecule has 3 fully saturated rings. The van der Waals surface area contributed by atoms with Crippen molar-refractivity contribution >= 4 is 27.6 Å². The average molecular weight is 396 g/mol. The molecule has 3 aliphatic rings. The van der Waals surface area contributed by atoms with Crippen molar-refractivity contribution in [1.29, 1.82) is 0 Å². The van der Waals surface area contributed by atoms with Crippen LogP contribution in [0.1, 0.15) is 66.2 Å². The molecule has 1 amide bonds. The Morgan fingerprint density at radius 3 is 2.15 bits per heavy atom. The van der Waals surface area contributed by atoms with E-state index in [4.69, 9.17) is 0 Å². The fourth-order valence-electron chi connectivity index (χ4n) is 4.19. The van der Waals surface area contributed by atoms with Crippen molar-refractivity contribution in [2.75, 3.05) is 4.90 Å². The largest absolute Gasteiger partial charge is 0.478 e. The van der Waals surface area contributed by atoms with E-state index in [9.17, 15) is 23.1 Å². The summed E-state index contributed by atoms with van der Waals surface area (Å²) in [5.41, 5.74) is -0.748. The first kappa shape index (κ1) is 18.2. The van der Waals surface area contributed by atoms with Gasteiger partial charge in [-0.25, -0.2) is 22.3 Å². The third kappa shape index (κ3) is 2.79. The maximum atomic E-state index is 15.1. The minimum absolute atomic E-state index is 0.0395. The molecule has 1 saturated carbocycles. The van der Waals surface area contributed by atoms with Gasteiger partial charge in [0, 0.05) is 12.1 Å². The molecule has 0 radical (unpaired) electrons. The number of carbonyl (C=O) groups excluding carboxylic acids is 1. The van der Waals surface area contributed by atoms with Crippen molar-refractivity contribution in [3.8, 4) is 0 Å². The fraction of sp³-hybridized carbons (Fsp3) is 0.556. The van der Waals surface area contributed by atoms with Crippen LogP contribution in [0, 0.1) is 5.82 Å². The number of carboxylic acids is 1. The summed E-state index contributed by atoms with van der Waals surface area (Å²) >= 11 is 0. The van der Waals surface area contributed by atoms with Gasteiger partial charge in [-0.1, -0.05) is 0 Å². The molecule has 0 unspecified atom stereocenters. The summed E-state index contributed by atoms with van der Waals surface area (Å²) in [5, 5.41) is 9.26. The lowest BCUT2D eigenvalue weighted by molar-refractivity contribution is 0.0691. The number of rotatable bonds is 5. The van der Waals surface area contributed by atoms with Gasteiger partial charge in [-0.15, -0.1) is 0 Å². The molecular formula is C18H21FN2O5S. The minimum Gasteiger partial charge on any atom is -0.478 e. The zero-order valence-corrected chi connectivity index (χ0v) is 15.7. The zero-order chi connectivity index (χ0) is 19.6. The van der Waals surface area contributed by atoms with Crippen LogP contribution >= 0.6 is 0 Å². The van der Waals surface area contributed by atoms with Crippen LogP contribution in [0.5, 0.6) is 0 Å². The molecule has 9 heteroatoms. The van der Waals surface area contributed by atoms with Gasteiger partial charge in [0.2, 0.25) is 10.0 Å². The molecular weight excluding hydrogens is 375 g/mol. The molecule has 27 heavy (non-hydrogen) atoms. The predicted octanol–water partition coefficient (Wildman–Crippen LogP) is 2.27. The highest BCUT2D eigenvalue weighted by atomic mass is 32.2. The number of sulfonamides is 1. The van der Waals surface area contributed by atoms with Gasteiger partial charge in [-0.3, -0.25) is 4.79 Å². The molecule has 0 spiro atoms. The molecule has 1 aromatic carbocycles. The standard InChI is InChI=1S/C18H21FN2O5S/c1-18(8-9-18)27(25,26)20-16(22)13-7-6-12(17(23)24)14(19)15(13)21-10-2-3-11(21)5-4-10/h6-7,10-11H,2-5,8-9H2,1H3,(H,20,22)(H,23,24). The lowest BCUT2D eigenvalue weighted by Gasteiger charge is -2.28. The molecule has 2 bridgehead atoms. The van der Waals surface area contributed by atoms with E-state index in [-0.39, 0.29) is 23.3 Å². The number of nitrogens with zero attached hydrogens (tertiary/aromatic N) is 1. The minimum atomic E-state index is -3.88. The quantitative estimate of drug-likeness (QED) is 0.791. The van der Waals surface area contributed by atoms with Crippen LogP contribution in [0.4, 0.5) is 10.1 Å². The molecule has 2 heterocycles. The van der Waals surface area contributed by atoms with Gasteiger partial charge in [-0.05, 0) is 57.6 Å². The van der Waals surface area contributed by atoms with Gasteiger partial charge in [0.05, 0.1) is 21.6 Å². The van der Waals surface area contributed by atoms with E-state index in [0.717, 1.165) is 31.7 Å². The maximum Gasteiger partial charge on any atom is 0.338 e. The number of carbonyl (C=O) groups is 2. The molecule has 2 saturated heterocycles. The Balaban J connectivity index is 1.77. The molecule has 1 aliphatic carbocycles. The highest BCUT2D eigenvalue weighted by molar-refractivity contribution is 7.91. The maximum absolute atomic E-state index is 15.1. The number of hydrogen-bond donors (Lipinski definition) is 2. The first-order valence-electron chi connectivity index (χ1n) is 9.05. The van der Waals surface area contributed by atoms with E-state index in [1.807, 2.05) is 0 Å².